The van der Waals surface area contributed by atoms with Crippen LogP contribution in [0.3, 0.4) is 0 Å². The number of hydrogen-bond acceptors (Lipinski definition) is 4. The third-order valence-corrected chi connectivity index (χ3v) is 5.89. The average Bonchev–Trinajstić information content (AvgIpc) is 3.18. The van der Waals surface area contributed by atoms with Crippen LogP contribution >= 0.6 is 11.8 Å². The van der Waals surface area contributed by atoms with Crippen molar-refractivity contribution in [3.05, 3.63) is 24.3 Å². The summed E-state index contributed by atoms with van der Waals surface area (Å²) in [5.41, 5.74) is 0.818. The average molecular weight is 346 g/mol. The second-order valence-corrected chi connectivity index (χ2v) is 7.60. The summed E-state index contributed by atoms with van der Waals surface area (Å²) in [5.74, 6) is -0.517. The summed E-state index contributed by atoms with van der Waals surface area (Å²) in [6, 6.07) is 7.82. The van der Waals surface area contributed by atoms with Crippen molar-refractivity contribution in [2.75, 3.05) is 11.9 Å². The molecule has 128 valence electrons. The highest BCUT2D eigenvalue weighted by molar-refractivity contribution is 8.00. The van der Waals surface area contributed by atoms with Crippen LogP contribution in [0, 0.1) is 0 Å². The summed E-state index contributed by atoms with van der Waals surface area (Å²) in [7, 11) is 0. The van der Waals surface area contributed by atoms with Gasteiger partial charge in [0, 0.05) is 36.0 Å². The largest absolute Gasteiger partial charge is 0.325 e. The van der Waals surface area contributed by atoms with Crippen molar-refractivity contribution in [3.8, 4) is 0 Å². The molecule has 5 nitrogen and oxygen atoms in total. The number of benzene rings is 1. The van der Waals surface area contributed by atoms with Crippen molar-refractivity contribution < 1.29 is 14.4 Å². The quantitative estimate of drug-likeness (QED) is 0.803. The molecule has 1 aromatic rings. The van der Waals surface area contributed by atoms with Crippen molar-refractivity contribution in [2.24, 2.45) is 0 Å². The minimum absolute atomic E-state index is 0.139. The zero-order valence-electron chi connectivity index (χ0n) is 13.6. The lowest BCUT2D eigenvalue weighted by molar-refractivity contribution is -0.138. The first-order chi connectivity index (χ1) is 11.6. The first-order valence-corrected chi connectivity index (χ1v) is 9.40. The number of likely N-dealkylation sites (tertiary alicyclic amines) is 1. The third kappa shape index (κ3) is 4.17. The highest BCUT2D eigenvalue weighted by Crippen LogP contribution is 2.38. The number of anilines is 1. The molecule has 1 heterocycles. The number of nitrogens with zero attached hydrogens (tertiary/aromatic N) is 1. The van der Waals surface area contributed by atoms with Crippen LogP contribution in [-0.2, 0) is 14.4 Å². The minimum Gasteiger partial charge on any atom is -0.325 e. The molecule has 0 unspecified atom stereocenters. The van der Waals surface area contributed by atoms with Gasteiger partial charge in [0.05, 0.1) is 5.69 Å². The number of amides is 3. The summed E-state index contributed by atoms with van der Waals surface area (Å²) in [6.07, 6.45) is 5.69. The van der Waals surface area contributed by atoms with Crippen LogP contribution in [0.25, 0.3) is 0 Å². The summed E-state index contributed by atoms with van der Waals surface area (Å²) < 4.78 is 0. The fraction of sp³-hybridized carbons (Fsp3) is 0.500. The predicted octanol–water partition coefficient (Wildman–Crippen LogP) is 3.20. The Morgan fingerprint density at radius 1 is 1.12 bits per heavy atom. The normalized spacial score (nSPS) is 18.4. The van der Waals surface area contributed by atoms with Crippen LogP contribution in [0.15, 0.2) is 29.2 Å². The van der Waals surface area contributed by atoms with Crippen LogP contribution in [0.5, 0.6) is 0 Å². The first kappa shape index (κ1) is 17.0. The van der Waals surface area contributed by atoms with Crippen molar-refractivity contribution >= 4 is 35.2 Å². The molecule has 3 rings (SSSR count). The molecule has 1 aliphatic heterocycles. The fourth-order valence-electron chi connectivity index (χ4n) is 3.16. The van der Waals surface area contributed by atoms with E-state index >= 15 is 0 Å². The summed E-state index contributed by atoms with van der Waals surface area (Å²) in [6.45, 7) is 0.168. The maximum atomic E-state index is 12.2. The van der Waals surface area contributed by atoms with E-state index in [2.05, 4.69) is 5.32 Å². The van der Waals surface area contributed by atoms with E-state index in [1.54, 1.807) is 0 Å². The number of para-hydroxylation sites is 1. The molecule has 2 fully saturated rings. The Morgan fingerprint density at radius 3 is 2.50 bits per heavy atom. The van der Waals surface area contributed by atoms with Gasteiger partial charge in [-0.15, -0.1) is 11.8 Å². The molecule has 0 bridgehead atoms. The monoisotopic (exact) mass is 346 g/mol. The van der Waals surface area contributed by atoms with Gasteiger partial charge in [-0.3, -0.25) is 19.3 Å². The lowest BCUT2D eigenvalue weighted by atomic mass is 10.3. The Labute approximate surface area is 146 Å². The zero-order valence-corrected chi connectivity index (χ0v) is 14.4. The lowest BCUT2D eigenvalue weighted by Gasteiger charge is -2.16. The van der Waals surface area contributed by atoms with Gasteiger partial charge < -0.3 is 5.32 Å². The molecule has 2 aliphatic rings. The van der Waals surface area contributed by atoms with Crippen LogP contribution < -0.4 is 5.32 Å². The second-order valence-electron chi connectivity index (χ2n) is 6.26. The molecule has 0 radical (unpaired) electrons. The molecular formula is C18H22N2O3S. The van der Waals surface area contributed by atoms with E-state index in [4.69, 9.17) is 0 Å². The Morgan fingerprint density at radius 2 is 1.79 bits per heavy atom. The lowest BCUT2D eigenvalue weighted by Crippen LogP contribution is -2.32. The summed E-state index contributed by atoms with van der Waals surface area (Å²) >= 11 is 1.83. The maximum Gasteiger partial charge on any atom is 0.229 e. The second kappa shape index (κ2) is 7.83. The molecule has 0 aromatic heterocycles. The Bertz CT molecular complexity index is 625. The van der Waals surface area contributed by atoms with Crippen molar-refractivity contribution in [1.82, 2.24) is 4.90 Å². The Kier molecular flexibility index (Phi) is 5.56. The SMILES string of the molecule is O=C(CCN1C(=O)CCC1=O)Nc1ccccc1SC1CCCC1. The molecule has 0 atom stereocenters. The van der Waals surface area contributed by atoms with E-state index in [-0.39, 0.29) is 43.5 Å². The van der Waals surface area contributed by atoms with Crippen molar-refractivity contribution in [1.29, 1.82) is 0 Å². The molecular weight excluding hydrogens is 324 g/mol. The van der Waals surface area contributed by atoms with Gasteiger partial charge in [-0.1, -0.05) is 25.0 Å². The number of rotatable bonds is 6. The van der Waals surface area contributed by atoms with E-state index in [0.29, 0.717) is 5.25 Å². The highest BCUT2D eigenvalue weighted by atomic mass is 32.2. The van der Waals surface area contributed by atoms with E-state index in [9.17, 15) is 14.4 Å². The van der Waals surface area contributed by atoms with Crippen LogP contribution in [-0.4, -0.2) is 34.4 Å². The molecule has 1 saturated carbocycles. The van der Waals surface area contributed by atoms with Gasteiger partial charge in [0.1, 0.15) is 0 Å². The molecule has 6 heteroatoms. The number of carbonyl (C=O) groups is 3. The molecule has 1 aromatic carbocycles. The van der Waals surface area contributed by atoms with E-state index in [1.807, 2.05) is 36.0 Å². The van der Waals surface area contributed by atoms with Gasteiger partial charge in [0.2, 0.25) is 17.7 Å². The van der Waals surface area contributed by atoms with Gasteiger partial charge in [-0.05, 0) is 25.0 Å². The smallest absolute Gasteiger partial charge is 0.229 e. The van der Waals surface area contributed by atoms with Gasteiger partial charge in [-0.2, -0.15) is 0 Å². The van der Waals surface area contributed by atoms with E-state index in [1.165, 1.54) is 30.6 Å². The number of thioether (sulfide) groups is 1. The van der Waals surface area contributed by atoms with E-state index < -0.39 is 0 Å². The zero-order chi connectivity index (χ0) is 16.9. The molecule has 0 spiro atoms. The summed E-state index contributed by atoms with van der Waals surface area (Å²) in [4.78, 5) is 37.6. The number of hydrogen-bond donors (Lipinski definition) is 1. The van der Waals surface area contributed by atoms with Crippen LogP contribution in [0.2, 0.25) is 0 Å². The molecule has 1 saturated heterocycles. The van der Waals surface area contributed by atoms with Crippen LogP contribution in [0.1, 0.15) is 44.9 Å². The van der Waals surface area contributed by atoms with E-state index in [0.717, 1.165) is 10.6 Å². The van der Waals surface area contributed by atoms with Gasteiger partial charge >= 0.3 is 0 Å². The molecule has 24 heavy (non-hydrogen) atoms. The molecule has 1 aliphatic carbocycles. The van der Waals surface area contributed by atoms with Crippen LogP contribution in [0.4, 0.5) is 5.69 Å². The minimum atomic E-state index is -0.176. The number of imide groups is 1. The van der Waals surface area contributed by atoms with Gasteiger partial charge in [0.15, 0.2) is 0 Å². The van der Waals surface area contributed by atoms with Crippen molar-refractivity contribution in [3.63, 3.8) is 0 Å². The van der Waals surface area contributed by atoms with Gasteiger partial charge in [-0.25, -0.2) is 0 Å². The highest BCUT2D eigenvalue weighted by Gasteiger charge is 2.28. The molecule has 3 amide bonds. The first-order valence-electron chi connectivity index (χ1n) is 8.52. The predicted molar refractivity (Wildman–Crippen MR) is 93.8 cm³/mol. The van der Waals surface area contributed by atoms with Gasteiger partial charge in [0.25, 0.3) is 0 Å². The number of nitrogens with one attached hydrogen (secondary N) is 1. The summed E-state index contributed by atoms with van der Waals surface area (Å²) in [5, 5.41) is 3.56. The fourth-order valence-corrected chi connectivity index (χ4v) is 4.49. The maximum absolute atomic E-state index is 12.2. The molecule has 1 N–H and O–H groups in total. The standard InChI is InChI=1S/C18H22N2O3S/c21-16(11-12-20-17(22)9-10-18(20)23)19-14-7-3-4-8-15(14)24-13-5-1-2-6-13/h3-4,7-8,13H,1-2,5-6,9-12H2,(H,19,21). The topological polar surface area (TPSA) is 66.5 Å². The Balaban J connectivity index is 1.56. The number of carbonyl (C=O) groups excluding carboxylic acids is 3. The van der Waals surface area contributed by atoms with Crippen molar-refractivity contribution in [2.45, 2.75) is 55.1 Å². The third-order valence-electron chi connectivity index (χ3n) is 4.47. The Hall–Kier alpha value is -1.82.